The summed E-state index contributed by atoms with van der Waals surface area (Å²) in [5, 5.41) is 9.41. The lowest BCUT2D eigenvalue weighted by Crippen LogP contribution is -1.94. The molecule has 0 aromatic carbocycles. The van der Waals surface area contributed by atoms with Gasteiger partial charge in [0.25, 0.3) is 0 Å². The van der Waals surface area contributed by atoms with Gasteiger partial charge >= 0.3 is 0 Å². The summed E-state index contributed by atoms with van der Waals surface area (Å²) in [5.74, 6) is -0.311. The molecular weight excluding hydrogens is 231 g/mol. The van der Waals surface area contributed by atoms with Crippen molar-refractivity contribution < 1.29 is 9.50 Å². The van der Waals surface area contributed by atoms with E-state index in [4.69, 9.17) is 0 Å². The van der Waals surface area contributed by atoms with E-state index in [0.29, 0.717) is 16.8 Å². The first-order chi connectivity index (χ1) is 8.81. The Labute approximate surface area is 103 Å². The molecule has 0 aliphatic carbocycles. The number of halogens is 1. The molecule has 0 unspecified atom stereocenters. The molecule has 0 aliphatic rings. The van der Waals surface area contributed by atoms with Crippen LogP contribution in [0.1, 0.15) is 5.56 Å². The van der Waals surface area contributed by atoms with Crippen molar-refractivity contribution in [3.63, 3.8) is 0 Å². The van der Waals surface area contributed by atoms with Crippen LogP contribution in [0.2, 0.25) is 0 Å². The minimum atomic E-state index is -0.311. The molecule has 18 heavy (non-hydrogen) atoms. The number of aromatic nitrogens is 2. The molecule has 0 bridgehead atoms. The van der Waals surface area contributed by atoms with Crippen molar-refractivity contribution >= 4 is 5.52 Å². The molecule has 3 heterocycles. The van der Waals surface area contributed by atoms with E-state index >= 15 is 0 Å². The van der Waals surface area contributed by atoms with Crippen LogP contribution in [0.25, 0.3) is 16.9 Å². The van der Waals surface area contributed by atoms with Crippen LogP contribution in [0.4, 0.5) is 4.39 Å². The molecule has 0 saturated carbocycles. The molecule has 3 aromatic rings. The molecule has 0 atom stereocenters. The second-order valence-electron chi connectivity index (χ2n) is 4.00. The average molecular weight is 242 g/mol. The van der Waals surface area contributed by atoms with Gasteiger partial charge in [-0.05, 0) is 30.3 Å². The van der Waals surface area contributed by atoms with Gasteiger partial charge in [0.05, 0.1) is 23.5 Å². The molecule has 3 rings (SSSR count). The standard InChI is InChI=1S/C14H11FN2O/c15-11-4-3-7-17-13(11)8-10(9-18)14(17)12-5-1-2-6-16-12/h1-8,18H,9H2. The van der Waals surface area contributed by atoms with E-state index in [1.54, 1.807) is 28.9 Å². The third-order valence-corrected chi connectivity index (χ3v) is 2.92. The second-order valence-corrected chi connectivity index (χ2v) is 4.00. The van der Waals surface area contributed by atoms with Crippen LogP contribution >= 0.6 is 0 Å². The summed E-state index contributed by atoms with van der Waals surface area (Å²) in [6, 6.07) is 10.2. The van der Waals surface area contributed by atoms with Crippen molar-refractivity contribution in [3.05, 3.63) is 60.2 Å². The summed E-state index contributed by atoms with van der Waals surface area (Å²) in [7, 11) is 0. The first-order valence-electron chi connectivity index (χ1n) is 5.62. The molecule has 90 valence electrons. The van der Waals surface area contributed by atoms with Gasteiger partial charge in [-0.3, -0.25) is 4.98 Å². The smallest absolute Gasteiger partial charge is 0.147 e. The van der Waals surface area contributed by atoms with E-state index in [9.17, 15) is 9.50 Å². The Morgan fingerprint density at radius 3 is 2.83 bits per heavy atom. The first-order valence-corrected chi connectivity index (χ1v) is 5.62. The molecule has 0 aliphatic heterocycles. The molecule has 0 fully saturated rings. The zero-order valence-corrected chi connectivity index (χ0v) is 9.55. The molecule has 0 amide bonds. The number of fused-ring (bicyclic) bond motifs is 1. The highest BCUT2D eigenvalue weighted by molar-refractivity contribution is 5.69. The summed E-state index contributed by atoms with van der Waals surface area (Å²) < 4.78 is 15.4. The highest BCUT2D eigenvalue weighted by Gasteiger charge is 2.14. The van der Waals surface area contributed by atoms with E-state index < -0.39 is 0 Å². The Balaban J connectivity index is 2.37. The van der Waals surface area contributed by atoms with Crippen LogP contribution in [-0.2, 0) is 6.61 Å². The van der Waals surface area contributed by atoms with Crippen LogP contribution in [0.5, 0.6) is 0 Å². The zero-order chi connectivity index (χ0) is 12.5. The largest absolute Gasteiger partial charge is 0.392 e. The monoisotopic (exact) mass is 242 g/mol. The lowest BCUT2D eigenvalue weighted by Gasteiger charge is -2.04. The molecule has 3 nitrogen and oxygen atoms in total. The highest BCUT2D eigenvalue weighted by Crippen LogP contribution is 2.27. The minimum Gasteiger partial charge on any atom is -0.392 e. The molecule has 3 aromatic heterocycles. The lowest BCUT2D eigenvalue weighted by atomic mass is 10.2. The number of pyridine rings is 2. The molecular formula is C14H11FN2O. The van der Waals surface area contributed by atoms with Gasteiger partial charge in [-0.15, -0.1) is 0 Å². The van der Waals surface area contributed by atoms with Crippen LogP contribution in [0.3, 0.4) is 0 Å². The fourth-order valence-electron chi connectivity index (χ4n) is 2.13. The minimum absolute atomic E-state index is 0.146. The number of hydrogen-bond acceptors (Lipinski definition) is 2. The molecule has 0 spiro atoms. The number of hydrogen-bond donors (Lipinski definition) is 1. The zero-order valence-electron chi connectivity index (χ0n) is 9.55. The number of rotatable bonds is 2. The number of nitrogens with zero attached hydrogens (tertiary/aromatic N) is 2. The van der Waals surface area contributed by atoms with Gasteiger partial charge in [-0.25, -0.2) is 4.39 Å². The fourth-order valence-corrected chi connectivity index (χ4v) is 2.13. The van der Waals surface area contributed by atoms with Gasteiger partial charge in [0.2, 0.25) is 0 Å². The van der Waals surface area contributed by atoms with Gasteiger partial charge < -0.3 is 9.51 Å². The fraction of sp³-hybridized carbons (Fsp3) is 0.0714. The van der Waals surface area contributed by atoms with Crippen molar-refractivity contribution in [2.45, 2.75) is 6.61 Å². The maximum atomic E-state index is 13.7. The van der Waals surface area contributed by atoms with Gasteiger partial charge in [-0.1, -0.05) is 6.07 Å². The Kier molecular flexibility index (Phi) is 2.57. The van der Waals surface area contributed by atoms with Crippen molar-refractivity contribution in [2.75, 3.05) is 0 Å². The Bertz CT molecular complexity index is 692. The van der Waals surface area contributed by atoms with E-state index in [2.05, 4.69) is 4.98 Å². The van der Waals surface area contributed by atoms with E-state index in [1.807, 2.05) is 18.2 Å². The van der Waals surface area contributed by atoms with Crippen molar-refractivity contribution in [3.8, 4) is 11.4 Å². The normalized spacial score (nSPS) is 11.0. The third-order valence-electron chi connectivity index (χ3n) is 2.92. The number of aliphatic hydroxyl groups excluding tert-OH is 1. The summed E-state index contributed by atoms with van der Waals surface area (Å²) in [6.07, 6.45) is 3.44. The van der Waals surface area contributed by atoms with E-state index in [0.717, 1.165) is 5.69 Å². The third kappa shape index (κ3) is 1.58. The predicted molar refractivity (Wildman–Crippen MR) is 66.5 cm³/mol. The van der Waals surface area contributed by atoms with Crippen LogP contribution in [0, 0.1) is 5.82 Å². The Morgan fingerprint density at radius 1 is 1.22 bits per heavy atom. The van der Waals surface area contributed by atoms with Crippen LogP contribution in [-0.4, -0.2) is 14.5 Å². The van der Waals surface area contributed by atoms with Gasteiger partial charge in [0, 0.05) is 18.0 Å². The quantitative estimate of drug-likeness (QED) is 0.750. The van der Waals surface area contributed by atoms with Crippen molar-refractivity contribution in [2.24, 2.45) is 0 Å². The van der Waals surface area contributed by atoms with Crippen molar-refractivity contribution in [1.29, 1.82) is 0 Å². The predicted octanol–water partition coefficient (Wildman–Crippen LogP) is 2.63. The summed E-state index contributed by atoms with van der Waals surface area (Å²) in [4.78, 5) is 4.26. The summed E-state index contributed by atoms with van der Waals surface area (Å²) >= 11 is 0. The Hall–Kier alpha value is -2.20. The molecule has 0 saturated heterocycles. The first kappa shape index (κ1) is 10.9. The maximum Gasteiger partial charge on any atom is 0.147 e. The van der Waals surface area contributed by atoms with Gasteiger partial charge in [-0.2, -0.15) is 0 Å². The highest BCUT2D eigenvalue weighted by atomic mass is 19.1. The summed E-state index contributed by atoms with van der Waals surface area (Å²) in [5.41, 5.74) is 2.56. The van der Waals surface area contributed by atoms with Gasteiger partial charge in [0.15, 0.2) is 0 Å². The average Bonchev–Trinajstić information content (AvgIpc) is 2.80. The van der Waals surface area contributed by atoms with Crippen LogP contribution < -0.4 is 0 Å². The van der Waals surface area contributed by atoms with Gasteiger partial charge in [0.1, 0.15) is 5.82 Å². The molecule has 4 heteroatoms. The van der Waals surface area contributed by atoms with E-state index in [-0.39, 0.29) is 12.4 Å². The maximum absolute atomic E-state index is 13.7. The number of aliphatic hydroxyl groups is 1. The lowest BCUT2D eigenvalue weighted by molar-refractivity contribution is 0.282. The second kappa shape index (κ2) is 4.23. The van der Waals surface area contributed by atoms with E-state index in [1.165, 1.54) is 6.07 Å². The van der Waals surface area contributed by atoms with Crippen LogP contribution in [0.15, 0.2) is 48.8 Å². The SMILES string of the molecule is OCc1cc2c(F)cccn2c1-c1ccccn1. The molecule has 1 N–H and O–H groups in total. The topological polar surface area (TPSA) is 37.5 Å². The molecule has 0 radical (unpaired) electrons. The van der Waals surface area contributed by atoms with Crippen molar-refractivity contribution in [1.82, 2.24) is 9.38 Å². The summed E-state index contributed by atoms with van der Waals surface area (Å²) in [6.45, 7) is -0.146. The Morgan fingerprint density at radius 2 is 2.11 bits per heavy atom.